The van der Waals surface area contributed by atoms with E-state index in [0.29, 0.717) is 12.6 Å². The SMILES string of the molecule is CCC(C)C(N)C(=O)NCCC(C)N(C)Cc1ccccc1. The lowest BCUT2D eigenvalue weighted by Gasteiger charge is -2.25. The van der Waals surface area contributed by atoms with E-state index in [1.165, 1.54) is 5.56 Å². The first-order chi connectivity index (χ1) is 10.5. The van der Waals surface area contributed by atoms with Gasteiger partial charge < -0.3 is 11.1 Å². The van der Waals surface area contributed by atoms with Crippen molar-refractivity contribution in [2.75, 3.05) is 13.6 Å². The van der Waals surface area contributed by atoms with Crippen LogP contribution in [0.1, 0.15) is 39.2 Å². The van der Waals surface area contributed by atoms with Crippen molar-refractivity contribution in [3.05, 3.63) is 35.9 Å². The quantitative estimate of drug-likeness (QED) is 0.736. The number of rotatable bonds is 9. The second kappa shape index (κ2) is 9.59. The number of benzene rings is 1. The van der Waals surface area contributed by atoms with Crippen LogP contribution in [0.2, 0.25) is 0 Å². The van der Waals surface area contributed by atoms with Crippen molar-refractivity contribution in [1.82, 2.24) is 10.2 Å². The molecule has 22 heavy (non-hydrogen) atoms. The minimum atomic E-state index is -0.401. The van der Waals surface area contributed by atoms with E-state index in [9.17, 15) is 4.79 Å². The summed E-state index contributed by atoms with van der Waals surface area (Å²) >= 11 is 0. The van der Waals surface area contributed by atoms with Gasteiger partial charge in [-0.2, -0.15) is 0 Å². The van der Waals surface area contributed by atoms with Crippen LogP contribution in [0.5, 0.6) is 0 Å². The number of hydrogen-bond donors (Lipinski definition) is 2. The van der Waals surface area contributed by atoms with E-state index in [-0.39, 0.29) is 11.8 Å². The molecule has 0 aliphatic carbocycles. The number of hydrogen-bond acceptors (Lipinski definition) is 3. The van der Waals surface area contributed by atoms with Gasteiger partial charge in [-0.25, -0.2) is 0 Å². The standard InChI is InChI=1S/C18H31N3O/c1-5-14(2)17(19)18(22)20-12-11-15(3)21(4)13-16-9-7-6-8-10-16/h6-10,14-15,17H,5,11-13,19H2,1-4H3,(H,20,22). The largest absolute Gasteiger partial charge is 0.355 e. The number of nitrogens with zero attached hydrogens (tertiary/aromatic N) is 1. The molecule has 4 nitrogen and oxygen atoms in total. The molecule has 1 amide bonds. The summed E-state index contributed by atoms with van der Waals surface area (Å²) in [6.45, 7) is 7.84. The Hall–Kier alpha value is -1.39. The van der Waals surface area contributed by atoms with Crippen LogP contribution in [0.15, 0.2) is 30.3 Å². The third-order valence-electron chi connectivity index (χ3n) is 4.45. The molecule has 0 saturated carbocycles. The maximum absolute atomic E-state index is 11.9. The zero-order valence-electron chi connectivity index (χ0n) is 14.4. The van der Waals surface area contributed by atoms with Crippen LogP contribution in [0, 0.1) is 5.92 Å². The monoisotopic (exact) mass is 305 g/mol. The molecule has 1 rings (SSSR count). The molecule has 1 aromatic rings. The van der Waals surface area contributed by atoms with Crippen LogP contribution >= 0.6 is 0 Å². The molecule has 3 atom stereocenters. The Kier molecular flexibility index (Phi) is 8.13. The Balaban J connectivity index is 2.30. The minimum absolute atomic E-state index is 0.0349. The maximum Gasteiger partial charge on any atom is 0.237 e. The third-order valence-corrected chi connectivity index (χ3v) is 4.45. The fraction of sp³-hybridized carbons (Fsp3) is 0.611. The van der Waals surface area contributed by atoms with Crippen molar-refractivity contribution in [3.63, 3.8) is 0 Å². The molecule has 1 aromatic carbocycles. The zero-order valence-corrected chi connectivity index (χ0v) is 14.4. The highest BCUT2D eigenvalue weighted by Gasteiger charge is 2.19. The lowest BCUT2D eigenvalue weighted by Crippen LogP contribution is -2.45. The number of nitrogens with one attached hydrogen (secondary N) is 1. The Bertz CT molecular complexity index is 435. The van der Waals surface area contributed by atoms with Crippen molar-refractivity contribution in [1.29, 1.82) is 0 Å². The highest BCUT2D eigenvalue weighted by molar-refractivity contribution is 5.81. The Morgan fingerprint density at radius 3 is 2.50 bits per heavy atom. The molecule has 0 heterocycles. The fourth-order valence-electron chi connectivity index (χ4n) is 2.28. The summed E-state index contributed by atoms with van der Waals surface area (Å²) in [5.74, 6) is 0.186. The normalized spacial score (nSPS) is 15.4. The Labute approximate surface area is 135 Å². The van der Waals surface area contributed by atoms with Gasteiger partial charge in [0.15, 0.2) is 0 Å². The lowest BCUT2D eigenvalue weighted by atomic mass is 9.99. The van der Waals surface area contributed by atoms with Crippen molar-refractivity contribution >= 4 is 5.91 Å². The summed E-state index contributed by atoms with van der Waals surface area (Å²) < 4.78 is 0. The highest BCUT2D eigenvalue weighted by atomic mass is 16.2. The average molecular weight is 305 g/mol. The topological polar surface area (TPSA) is 58.4 Å². The van der Waals surface area contributed by atoms with Crippen molar-refractivity contribution in [3.8, 4) is 0 Å². The maximum atomic E-state index is 11.9. The van der Waals surface area contributed by atoms with Gasteiger partial charge in [-0.05, 0) is 31.9 Å². The Morgan fingerprint density at radius 2 is 1.91 bits per heavy atom. The first-order valence-corrected chi connectivity index (χ1v) is 8.23. The van der Waals surface area contributed by atoms with Gasteiger partial charge in [0.05, 0.1) is 6.04 Å². The first-order valence-electron chi connectivity index (χ1n) is 8.23. The van der Waals surface area contributed by atoms with E-state index in [0.717, 1.165) is 19.4 Å². The van der Waals surface area contributed by atoms with Gasteiger partial charge in [-0.1, -0.05) is 50.6 Å². The van der Waals surface area contributed by atoms with E-state index < -0.39 is 6.04 Å². The summed E-state index contributed by atoms with van der Waals surface area (Å²) in [6.07, 6.45) is 1.84. The number of nitrogens with two attached hydrogens (primary N) is 1. The average Bonchev–Trinajstić information content (AvgIpc) is 2.53. The predicted molar refractivity (Wildman–Crippen MR) is 92.4 cm³/mol. The summed E-state index contributed by atoms with van der Waals surface area (Å²) in [4.78, 5) is 14.2. The lowest BCUT2D eigenvalue weighted by molar-refractivity contribution is -0.123. The van der Waals surface area contributed by atoms with Crippen LogP contribution in [-0.2, 0) is 11.3 Å². The molecule has 0 aromatic heterocycles. The van der Waals surface area contributed by atoms with E-state index in [1.54, 1.807) is 0 Å². The molecule has 0 aliphatic rings. The second-order valence-electron chi connectivity index (χ2n) is 6.24. The van der Waals surface area contributed by atoms with E-state index in [4.69, 9.17) is 5.73 Å². The number of carbonyl (C=O) groups is 1. The van der Waals surface area contributed by atoms with Crippen molar-refractivity contribution in [2.24, 2.45) is 11.7 Å². The van der Waals surface area contributed by atoms with Crippen LogP contribution in [0.3, 0.4) is 0 Å². The van der Waals surface area contributed by atoms with Crippen LogP contribution in [-0.4, -0.2) is 36.5 Å². The first kappa shape index (κ1) is 18.7. The van der Waals surface area contributed by atoms with Crippen molar-refractivity contribution in [2.45, 2.75) is 52.2 Å². The minimum Gasteiger partial charge on any atom is -0.355 e. The smallest absolute Gasteiger partial charge is 0.237 e. The van der Waals surface area contributed by atoms with Crippen molar-refractivity contribution < 1.29 is 4.79 Å². The molecule has 0 bridgehead atoms. The summed E-state index contributed by atoms with van der Waals surface area (Å²) in [6, 6.07) is 10.4. The van der Waals surface area contributed by atoms with Gasteiger partial charge in [0.25, 0.3) is 0 Å². The van der Waals surface area contributed by atoms with Gasteiger partial charge in [0.1, 0.15) is 0 Å². The van der Waals surface area contributed by atoms with Gasteiger partial charge in [0, 0.05) is 19.1 Å². The van der Waals surface area contributed by atoms with Gasteiger partial charge in [0.2, 0.25) is 5.91 Å². The highest BCUT2D eigenvalue weighted by Crippen LogP contribution is 2.08. The molecule has 0 spiro atoms. The molecule has 124 valence electrons. The summed E-state index contributed by atoms with van der Waals surface area (Å²) in [7, 11) is 2.12. The number of carbonyl (C=O) groups excluding carboxylic acids is 1. The molecule has 0 radical (unpaired) electrons. The predicted octanol–water partition coefficient (Wildman–Crippen LogP) is 2.39. The van der Waals surface area contributed by atoms with Gasteiger partial charge in [-0.3, -0.25) is 9.69 Å². The molecule has 0 saturated heterocycles. The van der Waals surface area contributed by atoms with Crippen LogP contribution in [0.25, 0.3) is 0 Å². The molecule has 3 N–H and O–H groups in total. The molecular formula is C18H31N3O. The van der Waals surface area contributed by atoms with Gasteiger partial charge >= 0.3 is 0 Å². The Morgan fingerprint density at radius 1 is 1.27 bits per heavy atom. The number of amides is 1. The van der Waals surface area contributed by atoms with E-state index >= 15 is 0 Å². The fourth-order valence-corrected chi connectivity index (χ4v) is 2.28. The molecule has 0 aliphatic heterocycles. The molecular weight excluding hydrogens is 274 g/mol. The van der Waals surface area contributed by atoms with E-state index in [1.807, 2.05) is 13.0 Å². The van der Waals surface area contributed by atoms with Gasteiger partial charge in [-0.15, -0.1) is 0 Å². The zero-order chi connectivity index (χ0) is 16.5. The van der Waals surface area contributed by atoms with Crippen LogP contribution < -0.4 is 11.1 Å². The molecule has 4 heteroatoms. The summed E-state index contributed by atoms with van der Waals surface area (Å²) in [5, 5.41) is 2.96. The van der Waals surface area contributed by atoms with Crippen LogP contribution in [0.4, 0.5) is 0 Å². The molecule has 3 unspecified atom stereocenters. The molecule has 0 fully saturated rings. The van der Waals surface area contributed by atoms with E-state index in [2.05, 4.69) is 55.4 Å². The second-order valence-corrected chi connectivity index (χ2v) is 6.24. The third kappa shape index (κ3) is 6.16. The summed E-state index contributed by atoms with van der Waals surface area (Å²) in [5.41, 5.74) is 7.23.